The maximum Gasteiger partial charge on any atom is 0.248 e. The molecule has 1 N–H and O–H groups in total. The van der Waals surface area contributed by atoms with Crippen molar-refractivity contribution in [3.63, 3.8) is 0 Å². The summed E-state index contributed by atoms with van der Waals surface area (Å²) in [5.41, 5.74) is -0.479. The average molecular weight is 266 g/mol. The van der Waals surface area contributed by atoms with Gasteiger partial charge in [0.05, 0.1) is 0 Å². The summed E-state index contributed by atoms with van der Waals surface area (Å²) in [6.07, 6.45) is 2.98. The van der Waals surface area contributed by atoms with E-state index in [0.29, 0.717) is 12.3 Å². The summed E-state index contributed by atoms with van der Waals surface area (Å²) >= 11 is 0. The van der Waals surface area contributed by atoms with E-state index in [1.165, 1.54) is 12.8 Å². The molecule has 19 heavy (non-hydrogen) atoms. The Morgan fingerprint density at radius 2 is 1.95 bits per heavy atom. The molecule has 1 heterocycles. The van der Waals surface area contributed by atoms with E-state index >= 15 is 0 Å². The summed E-state index contributed by atoms with van der Waals surface area (Å²) in [6.45, 7) is 10.8. The molecular weight excluding hydrogens is 240 g/mol. The minimum Gasteiger partial charge on any atom is -0.340 e. The quantitative estimate of drug-likeness (QED) is 0.845. The zero-order chi connectivity index (χ0) is 14.4. The lowest BCUT2D eigenvalue weighted by Gasteiger charge is -2.44. The number of rotatable bonds is 4. The van der Waals surface area contributed by atoms with Crippen LogP contribution >= 0.6 is 0 Å². The van der Waals surface area contributed by atoms with Crippen LogP contribution in [0.5, 0.6) is 0 Å². The van der Waals surface area contributed by atoms with Crippen molar-refractivity contribution in [1.29, 1.82) is 0 Å². The first-order valence-electron chi connectivity index (χ1n) is 7.39. The molecule has 2 amide bonds. The van der Waals surface area contributed by atoms with Crippen molar-refractivity contribution in [2.24, 2.45) is 11.3 Å². The molecule has 2 atom stereocenters. The molecule has 1 saturated carbocycles. The van der Waals surface area contributed by atoms with Crippen LogP contribution in [0.15, 0.2) is 0 Å². The fourth-order valence-electron chi connectivity index (χ4n) is 2.93. The molecule has 1 aliphatic heterocycles. The van der Waals surface area contributed by atoms with Gasteiger partial charge >= 0.3 is 0 Å². The summed E-state index contributed by atoms with van der Waals surface area (Å²) in [6, 6.07) is -0.344. The van der Waals surface area contributed by atoms with E-state index in [0.717, 1.165) is 6.54 Å². The Hall–Kier alpha value is -1.06. The summed E-state index contributed by atoms with van der Waals surface area (Å²) in [7, 11) is 0. The highest BCUT2D eigenvalue weighted by Crippen LogP contribution is 2.52. The molecule has 2 rings (SSSR count). The second-order valence-electron chi connectivity index (χ2n) is 6.80. The smallest absolute Gasteiger partial charge is 0.248 e. The minimum absolute atomic E-state index is 0.0245. The lowest BCUT2D eigenvalue weighted by atomic mass is 9.87. The Balaban J connectivity index is 2.22. The summed E-state index contributed by atoms with van der Waals surface area (Å²) in [5.74, 6) is 0.614. The molecule has 1 saturated heterocycles. The van der Waals surface area contributed by atoms with Gasteiger partial charge in [-0.15, -0.1) is 0 Å². The number of hydrogen-bond acceptors (Lipinski definition) is 2. The number of carbonyl (C=O) groups excluding carboxylic acids is 2. The molecule has 0 radical (unpaired) electrons. The number of piperazine rings is 1. The SMILES string of the molecule is CCC1(C)NC(=O)C(C)N(CC2(C(C)C)CC2)C1=O. The number of hydrogen-bond donors (Lipinski definition) is 1. The lowest BCUT2D eigenvalue weighted by Crippen LogP contribution is -2.69. The third-order valence-corrected chi connectivity index (χ3v) is 5.29. The summed E-state index contributed by atoms with van der Waals surface area (Å²) in [5, 5.41) is 2.88. The Labute approximate surface area is 115 Å². The van der Waals surface area contributed by atoms with Crippen molar-refractivity contribution in [3.05, 3.63) is 0 Å². The lowest BCUT2D eigenvalue weighted by molar-refractivity contribution is -0.155. The molecule has 2 fully saturated rings. The third-order valence-electron chi connectivity index (χ3n) is 5.29. The fourth-order valence-corrected chi connectivity index (χ4v) is 2.93. The standard InChI is InChI=1S/C15H26N2O2/c1-6-14(5)13(19)17(11(4)12(18)16-14)9-15(7-8-15)10(2)3/h10-11H,6-9H2,1-5H3,(H,16,18). The molecule has 0 bridgehead atoms. The summed E-state index contributed by atoms with van der Waals surface area (Å²) in [4.78, 5) is 26.6. The van der Waals surface area contributed by atoms with E-state index in [1.54, 1.807) is 0 Å². The maximum absolute atomic E-state index is 12.7. The molecule has 0 aromatic rings. The highest BCUT2D eigenvalue weighted by molar-refractivity contribution is 5.99. The third kappa shape index (κ3) is 2.26. The molecule has 4 nitrogen and oxygen atoms in total. The fraction of sp³-hybridized carbons (Fsp3) is 0.867. The normalized spacial score (nSPS) is 33.6. The van der Waals surface area contributed by atoms with Gasteiger partial charge in [0.25, 0.3) is 0 Å². The predicted molar refractivity (Wildman–Crippen MR) is 74.5 cm³/mol. The van der Waals surface area contributed by atoms with Crippen molar-refractivity contribution < 1.29 is 9.59 Å². The van der Waals surface area contributed by atoms with Gasteiger partial charge in [-0.25, -0.2) is 0 Å². The van der Waals surface area contributed by atoms with Crippen LogP contribution in [0.1, 0.15) is 53.9 Å². The van der Waals surface area contributed by atoms with Gasteiger partial charge in [-0.3, -0.25) is 9.59 Å². The molecule has 0 spiro atoms. The second kappa shape index (κ2) is 4.50. The minimum atomic E-state index is -0.726. The van der Waals surface area contributed by atoms with Crippen molar-refractivity contribution in [2.45, 2.75) is 65.5 Å². The van der Waals surface area contributed by atoms with E-state index in [1.807, 2.05) is 25.7 Å². The van der Waals surface area contributed by atoms with Crippen LogP contribution in [-0.4, -0.2) is 34.8 Å². The summed E-state index contributed by atoms with van der Waals surface area (Å²) < 4.78 is 0. The highest BCUT2D eigenvalue weighted by atomic mass is 16.2. The monoisotopic (exact) mass is 266 g/mol. The van der Waals surface area contributed by atoms with Crippen LogP contribution in [0, 0.1) is 11.3 Å². The first-order chi connectivity index (χ1) is 8.76. The molecule has 0 aromatic carbocycles. The molecular formula is C15H26N2O2. The number of nitrogens with zero attached hydrogens (tertiary/aromatic N) is 1. The van der Waals surface area contributed by atoms with Crippen LogP contribution in [0.3, 0.4) is 0 Å². The van der Waals surface area contributed by atoms with E-state index in [4.69, 9.17) is 0 Å². The Morgan fingerprint density at radius 3 is 2.37 bits per heavy atom. The number of carbonyl (C=O) groups is 2. The van der Waals surface area contributed by atoms with E-state index < -0.39 is 5.54 Å². The molecule has 0 aromatic heterocycles. The second-order valence-corrected chi connectivity index (χ2v) is 6.80. The Bertz CT molecular complexity index is 401. The van der Waals surface area contributed by atoms with Crippen molar-refractivity contribution in [1.82, 2.24) is 10.2 Å². The number of amides is 2. The highest BCUT2D eigenvalue weighted by Gasteiger charge is 2.52. The molecule has 2 aliphatic rings. The van der Waals surface area contributed by atoms with Crippen LogP contribution in [0.25, 0.3) is 0 Å². The van der Waals surface area contributed by atoms with Crippen molar-refractivity contribution in [2.75, 3.05) is 6.54 Å². The van der Waals surface area contributed by atoms with Crippen molar-refractivity contribution in [3.8, 4) is 0 Å². The van der Waals surface area contributed by atoms with Gasteiger partial charge in [0.15, 0.2) is 0 Å². The van der Waals surface area contributed by atoms with Crippen molar-refractivity contribution >= 4 is 11.8 Å². The zero-order valence-corrected chi connectivity index (χ0v) is 12.7. The Morgan fingerprint density at radius 1 is 1.37 bits per heavy atom. The van der Waals surface area contributed by atoms with Crippen LogP contribution in [0.4, 0.5) is 0 Å². The van der Waals surface area contributed by atoms with E-state index in [-0.39, 0.29) is 23.3 Å². The Kier molecular flexibility index (Phi) is 3.40. The van der Waals surface area contributed by atoms with Crippen LogP contribution in [0.2, 0.25) is 0 Å². The van der Waals surface area contributed by atoms with Gasteiger partial charge in [-0.1, -0.05) is 20.8 Å². The van der Waals surface area contributed by atoms with Gasteiger partial charge in [0.1, 0.15) is 11.6 Å². The number of nitrogens with one attached hydrogen (secondary N) is 1. The topological polar surface area (TPSA) is 49.4 Å². The van der Waals surface area contributed by atoms with E-state index in [9.17, 15) is 9.59 Å². The van der Waals surface area contributed by atoms with Gasteiger partial charge < -0.3 is 10.2 Å². The molecule has 4 heteroatoms. The van der Waals surface area contributed by atoms with Crippen LogP contribution < -0.4 is 5.32 Å². The zero-order valence-electron chi connectivity index (χ0n) is 12.7. The first-order valence-corrected chi connectivity index (χ1v) is 7.39. The van der Waals surface area contributed by atoms with Crippen LogP contribution in [-0.2, 0) is 9.59 Å². The first kappa shape index (κ1) is 14.4. The van der Waals surface area contributed by atoms with Gasteiger partial charge in [0, 0.05) is 6.54 Å². The van der Waals surface area contributed by atoms with Gasteiger partial charge in [-0.2, -0.15) is 0 Å². The predicted octanol–water partition coefficient (Wildman–Crippen LogP) is 1.94. The van der Waals surface area contributed by atoms with Gasteiger partial charge in [-0.05, 0) is 44.4 Å². The molecule has 1 aliphatic carbocycles. The van der Waals surface area contributed by atoms with E-state index in [2.05, 4.69) is 19.2 Å². The molecule has 108 valence electrons. The molecule has 2 unspecified atom stereocenters. The van der Waals surface area contributed by atoms with Gasteiger partial charge in [0.2, 0.25) is 11.8 Å². The maximum atomic E-state index is 12.7. The average Bonchev–Trinajstić information content (AvgIpc) is 3.13. The largest absolute Gasteiger partial charge is 0.340 e.